The van der Waals surface area contributed by atoms with Crippen LogP contribution in [0.4, 0.5) is 4.39 Å². The van der Waals surface area contributed by atoms with E-state index >= 15 is 0 Å². The van der Waals surface area contributed by atoms with Crippen LogP contribution >= 0.6 is 27.3 Å². The highest BCUT2D eigenvalue weighted by atomic mass is 79.9. The number of aromatic nitrogens is 1. The lowest BCUT2D eigenvalue weighted by atomic mass is 9.95. The van der Waals surface area contributed by atoms with Gasteiger partial charge in [-0.15, -0.1) is 0 Å². The van der Waals surface area contributed by atoms with Crippen molar-refractivity contribution in [2.24, 2.45) is 4.99 Å². The number of methoxy groups -OCH3 is 2. The molecule has 1 aliphatic heterocycles. The largest absolute Gasteiger partial charge is 0.493 e. The second-order valence-corrected chi connectivity index (χ2v) is 12.6. The Bertz CT molecular complexity index is 2140. The van der Waals surface area contributed by atoms with Crippen LogP contribution in [0, 0.1) is 5.82 Å². The van der Waals surface area contributed by atoms with Crippen LogP contribution in [0.15, 0.2) is 80.1 Å². The maximum atomic E-state index is 14.2. The molecule has 0 saturated carbocycles. The van der Waals surface area contributed by atoms with Crippen LogP contribution in [0.25, 0.3) is 6.08 Å². The molecule has 0 fully saturated rings. The van der Waals surface area contributed by atoms with Crippen LogP contribution in [0.3, 0.4) is 0 Å². The molecule has 50 heavy (non-hydrogen) atoms. The molecule has 2 heterocycles. The molecule has 11 nitrogen and oxygen atoms in total. The maximum Gasteiger partial charge on any atom is 0.343 e. The molecule has 0 spiro atoms. The molecule has 5 rings (SSSR count). The second-order valence-electron chi connectivity index (χ2n) is 10.7. The summed E-state index contributed by atoms with van der Waals surface area (Å²) in [5.74, 6) is -0.223. The third kappa shape index (κ3) is 7.76. The minimum atomic E-state index is -0.923. The average molecular weight is 770 g/mol. The lowest BCUT2D eigenvalue weighted by Crippen LogP contribution is -2.40. The van der Waals surface area contributed by atoms with Crippen LogP contribution in [0.2, 0.25) is 0 Å². The van der Waals surface area contributed by atoms with E-state index in [1.165, 1.54) is 24.9 Å². The molecule has 14 heteroatoms. The average Bonchev–Trinajstić information content (AvgIpc) is 3.41. The van der Waals surface area contributed by atoms with Gasteiger partial charge in [-0.05, 0) is 68.3 Å². The fourth-order valence-corrected chi connectivity index (χ4v) is 6.71. The molecule has 0 amide bonds. The highest BCUT2D eigenvalue weighted by Gasteiger charge is 2.34. The molecule has 1 atom stereocenters. The first-order valence-corrected chi connectivity index (χ1v) is 17.1. The summed E-state index contributed by atoms with van der Waals surface area (Å²) in [6.07, 6.45) is 1.69. The van der Waals surface area contributed by atoms with E-state index in [9.17, 15) is 18.8 Å². The number of carbonyl (C=O) groups is 2. The van der Waals surface area contributed by atoms with Gasteiger partial charge in [-0.2, -0.15) is 0 Å². The quantitative estimate of drug-likeness (QED) is 0.168. The molecule has 3 aromatic carbocycles. The monoisotopic (exact) mass is 768 g/mol. The fraction of sp³-hybridized carbons (Fsp3) is 0.278. The van der Waals surface area contributed by atoms with Gasteiger partial charge >= 0.3 is 11.9 Å². The van der Waals surface area contributed by atoms with Gasteiger partial charge in [0.2, 0.25) is 0 Å². The van der Waals surface area contributed by atoms with Gasteiger partial charge < -0.3 is 28.4 Å². The number of nitrogens with zero attached hydrogens (tertiary/aromatic N) is 2. The number of allylic oxidation sites excluding steroid dienone is 1. The van der Waals surface area contributed by atoms with Crippen molar-refractivity contribution >= 4 is 45.3 Å². The normalized spacial score (nSPS) is 14.1. The van der Waals surface area contributed by atoms with Crippen molar-refractivity contribution in [1.29, 1.82) is 0 Å². The molecular formula is C36H34BrFN2O9S. The van der Waals surface area contributed by atoms with E-state index < -0.39 is 23.5 Å². The van der Waals surface area contributed by atoms with Crippen LogP contribution in [0.5, 0.6) is 23.0 Å². The van der Waals surface area contributed by atoms with Crippen molar-refractivity contribution in [3.63, 3.8) is 0 Å². The predicted octanol–water partition coefficient (Wildman–Crippen LogP) is 5.24. The summed E-state index contributed by atoms with van der Waals surface area (Å²) >= 11 is 4.73. The molecule has 262 valence electrons. The molecule has 0 bridgehead atoms. The Balaban J connectivity index is 1.59. The molecule has 4 aromatic rings. The Labute approximate surface area is 299 Å². The third-order valence-corrected chi connectivity index (χ3v) is 9.25. The standard InChI is InChI=1S/C36H34BrFN2O9S/c1-6-46-28-14-21(12-13-26(28)49-19-31(41)45-5)33-32(35(43)47-7-2)20(3)39-36-40(33)34(42)30(50-36)16-23-15-27(44-4)29(17-24(23)37)48-18-22-10-8-9-11-25(22)38/h8-17,33H,6-7,18-19H2,1-5H3/b30-16-/t33-/m0/s1. The molecule has 0 radical (unpaired) electrons. The highest BCUT2D eigenvalue weighted by molar-refractivity contribution is 9.10. The number of benzene rings is 3. The predicted molar refractivity (Wildman–Crippen MR) is 187 cm³/mol. The molecule has 0 unspecified atom stereocenters. The van der Waals surface area contributed by atoms with Gasteiger partial charge in [-0.1, -0.05) is 51.5 Å². The zero-order chi connectivity index (χ0) is 35.9. The first-order valence-electron chi connectivity index (χ1n) is 15.5. The van der Waals surface area contributed by atoms with Gasteiger partial charge in [-0.3, -0.25) is 9.36 Å². The zero-order valence-electron chi connectivity index (χ0n) is 27.9. The number of halogens is 2. The lowest BCUT2D eigenvalue weighted by Gasteiger charge is -2.25. The minimum Gasteiger partial charge on any atom is -0.493 e. The van der Waals surface area contributed by atoms with Crippen molar-refractivity contribution in [2.75, 3.05) is 34.0 Å². The number of ether oxygens (including phenoxy) is 6. The van der Waals surface area contributed by atoms with E-state index in [0.717, 1.165) is 11.3 Å². The first kappa shape index (κ1) is 36.3. The number of fused-ring (bicyclic) bond motifs is 1. The van der Waals surface area contributed by atoms with Crippen molar-refractivity contribution in [2.45, 2.75) is 33.4 Å². The molecule has 0 aliphatic carbocycles. The van der Waals surface area contributed by atoms with Gasteiger partial charge in [-0.25, -0.2) is 19.0 Å². The molecule has 0 saturated heterocycles. The summed E-state index contributed by atoms with van der Waals surface area (Å²) in [6, 6.07) is 13.8. The Hall–Kier alpha value is -4.95. The van der Waals surface area contributed by atoms with Crippen molar-refractivity contribution < 1.29 is 42.4 Å². The van der Waals surface area contributed by atoms with Crippen molar-refractivity contribution in [3.05, 3.63) is 113 Å². The molecule has 0 N–H and O–H groups in total. The summed E-state index contributed by atoms with van der Waals surface area (Å²) in [6.45, 7) is 5.23. The number of hydrogen-bond acceptors (Lipinski definition) is 11. The van der Waals surface area contributed by atoms with Crippen LogP contribution in [-0.2, 0) is 25.7 Å². The van der Waals surface area contributed by atoms with Gasteiger partial charge in [0.1, 0.15) is 12.4 Å². The number of esters is 2. The smallest absolute Gasteiger partial charge is 0.343 e. The van der Waals surface area contributed by atoms with Gasteiger partial charge in [0, 0.05) is 10.0 Å². The second kappa shape index (κ2) is 16.2. The van der Waals surface area contributed by atoms with Crippen molar-refractivity contribution in [1.82, 2.24) is 4.57 Å². The summed E-state index contributed by atoms with van der Waals surface area (Å²) in [5, 5.41) is 0. The Morgan fingerprint density at radius 1 is 0.980 bits per heavy atom. The van der Waals surface area contributed by atoms with Gasteiger partial charge in [0.05, 0.1) is 49.3 Å². The summed E-state index contributed by atoms with van der Waals surface area (Å²) in [5.41, 5.74) is 1.71. The minimum absolute atomic E-state index is 0.0149. The maximum absolute atomic E-state index is 14.2. The molecule has 1 aromatic heterocycles. The van der Waals surface area contributed by atoms with E-state index in [1.54, 1.807) is 75.4 Å². The summed E-state index contributed by atoms with van der Waals surface area (Å²) < 4.78 is 49.6. The fourth-order valence-electron chi connectivity index (χ4n) is 5.23. The molecular weight excluding hydrogens is 735 g/mol. The first-order chi connectivity index (χ1) is 24.1. The highest BCUT2D eigenvalue weighted by Crippen LogP contribution is 2.37. The van der Waals surface area contributed by atoms with Crippen LogP contribution in [0.1, 0.15) is 43.5 Å². The van der Waals surface area contributed by atoms with Gasteiger partial charge in [0.25, 0.3) is 5.56 Å². The number of thiazole rings is 1. The van der Waals surface area contributed by atoms with E-state index in [0.29, 0.717) is 53.4 Å². The van der Waals surface area contributed by atoms with Crippen molar-refractivity contribution in [3.8, 4) is 23.0 Å². The molecule has 1 aliphatic rings. The Morgan fingerprint density at radius 2 is 1.74 bits per heavy atom. The van der Waals surface area contributed by atoms with Crippen LogP contribution in [-0.4, -0.2) is 50.5 Å². The van der Waals surface area contributed by atoms with E-state index in [-0.39, 0.29) is 43.6 Å². The van der Waals surface area contributed by atoms with Crippen LogP contribution < -0.4 is 33.8 Å². The third-order valence-electron chi connectivity index (χ3n) is 7.58. The topological polar surface area (TPSA) is 124 Å². The number of hydrogen-bond donors (Lipinski definition) is 0. The zero-order valence-corrected chi connectivity index (χ0v) is 30.3. The SMILES string of the molecule is CCOC(=O)C1=C(C)N=c2s/c(=C\c3cc(OC)c(OCc4ccccc4F)cc3Br)c(=O)n2[C@H]1c1ccc(OCC(=O)OC)c(OCC)c1. The van der Waals surface area contributed by atoms with E-state index in [4.69, 9.17) is 23.7 Å². The Morgan fingerprint density at radius 3 is 2.44 bits per heavy atom. The summed E-state index contributed by atoms with van der Waals surface area (Å²) in [4.78, 5) is 44.4. The number of rotatable bonds is 13. The number of carbonyl (C=O) groups excluding carboxylic acids is 2. The summed E-state index contributed by atoms with van der Waals surface area (Å²) in [7, 11) is 2.74. The van der Waals surface area contributed by atoms with E-state index in [1.807, 2.05) is 0 Å². The van der Waals surface area contributed by atoms with Gasteiger partial charge in [0.15, 0.2) is 34.4 Å². The van der Waals surface area contributed by atoms with E-state index in [2.05, 4.69) is 25.7 Å². The Kier molecular flexibility index (Phi) is 11.8. The lowest BCUT2D eigenvalue weighted by molar-refractivity contribution is -0.143.